The minimum Gasteiger partial charge on any atom is -0.355 e. The fourth-order valence-electron chi connectivity index (χ4n) is 2.94. The Hall–Kier alpha value is -1.69. The Bertz CT molecular complexity index is 815. The van der Waals surface area contributed by atoms with Gasteiger partial charge in [0.15, 0.2) is 0 Å². The van der Waals surface area contributed by atoms with Gasteiger partial charge in [-0.25, -0.2) is 0 Å². The largest absolute Gasteiger partial charge is 0.355 e. The van der Waals surface area contributed by atoms with E-state index in [-0.39, 0.29) is 17.6 Å². The molecule has 0 radical (unpaired) electrons. The molecular weight excluding hydrogens is 427 g/mol. The molecule has 1 unspecified atom stereocenters. The molecule has 0 saturated carbocycles. The lowest BCUT2D eigenvalue weighted by Crippen LogP contribution is -2.49. The minimum atomic E-state index is -0.533. The van der Waals surface area contributed by atoms with Crippen LogP contribution in [0.1, 0.15) is 31.4 Å². The Morgan fingerprint density at radius 3 is 2.38 bits per heavy atom. The lowest BCUT2D eigenvalue weighted by atomic mass is 10.1. The van der Waals surface area contributed by atoms with Gasteiger partial charge in [0.1, 0.15) is 6.04 Å². The van der Waals surface area contributed by atoms with Crippen LogP contribution >= 0.6 is 35.0 Å². The first kappa shape index (κ1) is 23.6. The van der Waals surface area contributed by atoms with E-state index in [0.29, 0.717) is 35.3 Å². The van der Waals surface area contributed by atoms with Gasteiger partial charge >= 0.3 is 0 Å². The zero-order valence-electron chi connectivity index (χ0n) is 16.7. The topological polar surface area (TPSA) is 49.4 Å². The molecule has 0 aliphatic carbocycles. The maximum atomic E-state index is 13.1. The third-order valence-corrected chi connectivity index (χ3v) is 6.05. The Morgan fingerprint density at radius 2 is 1.76 bits per heavy atom. The van der Waals surface area contributed by atoms with Crippen molar-refractivity contribution in [3.63, 3.8) is 0 Å². The van der Waals surface area contributed by atoms with Crippen LogP contribution < -0.4 is 5.32 Å². The van der Waals surface area contributed by atoms with Gasteiger partial charge in [-0.1, -0.05) is 60.5 Å². The average Bonchev–Trinajstić information content (AvgIpc) is 2.71. The van der Waals surface area contributed by atoms with Crippen molar-refractivity contribution in [1.82, 2.24) is 10.2 Å². The molecule has 0 bridgehead atoms. The van der Waals surface area contributed by atoms with Crippen LogP contribution in [-0.2, 0) is 21.9 Å². The Labute approximate surface area is 187 Å². The van der Waals surface area contributed by atoms with Gasteiger partial charge in [0.2, 0.25) is 11.8 Å². The molecule has 29 heavy (non-hydrogen) atoms. The van der Waals surface area contributed by atoms with Crippen LogP contribution in [0, 0.1) is 0 Å². The van der Waals surface area contributed by atoms with Gasteiger partial charge in [0.05, 0.1) is 5.75 Å². The average molecular weight is 453 g/mol. The van der Waals surface area contributed by atoms with Crippen LogP contribution in [0.2, 0.25) is 10.0 Å². The van der Waals surface area contributed by atoms with Crippen molar-refractivity contribution in [2.75, 3.05) is 12.3 Å². The summed E-state index contributed by atoms with van der Waals surface area (Å²) in [6.45, 7) is 4.60. The number of nitrogens with zero attached hydrogens (tertiary/aromatic N) is 1. The van der Waals surface area contributed by atoms with E-state index in [1.54, 1.807) is 11.0 Å². The molecule has 0 aliphatic heterocycles. The Balaban J connectivity index is 2.11. The van der Waals surface area contributed by atoms with Gasteiger partial charge in [-0.15, -0.1) is 11.8 Å². The quantitative estimate of drug-likeness (QED) is 0.540. The normalized spacial score (nSPS) is 11.7. The number of nitrogens with one attached hydrogen (secondary N) is 1. The maximum absolute atomic E-state index is 13.1. The molecule has 2 rings (SSSR count). The minimum absolute atomic E-state index is 0.0815. The standard InChI is InChI=1S/C22H26Cl2N2O2S/c1-3-20(22(28)25-4-2)26(13-17-7-5-6-8-19(17)24)21(27)15-29-14-16-9-11-18(23)12-10-16/h5-12,20H,3-4,13-15H2,1-2H3,(H,25,28). The molecule has 0 spiro atoms. The number of carbonyl (C=O) groups is 2. The van der Waals surface area contributed by atoms with E-state index >= 15 is 0 Å². The number of hydrogen-bond acceptors (Lipinski definition) is 3. The van der Waals surface area contributed by atoms with Gasteiger partial charge in [-0.2, -0.15) is 0 Å². The summed E-state index contributed by atoms with van der Waals surface area (Å²) in [5.41, 5.74) is 1.92. The van der Waals surface area contributed by atoms with Crippen molar-refractivity contribution in [2.45, 2.75) is 38.6 Å². The summed E-state index contributed by atoms with van der Waals surface area (Å²) in [6.07, 6.45) is 0.532. The number of amides is 2. The summed E-state index contributed by atoms with van der Waals surface area (Å²) in [5.74, 6) is 0.754. The van der Waals surface area contributed by atoms with Crippen molar-refractivity contribution < 1.29 is 9.59 Å². The molecule has 0 heterocycles. The van der Waals surface area contributed by atoms with Crippen molar-refractivity contribution in [3.05, 3.63) is 69.7 Å². The highest BCUT2D eigenvalue weighted by Gasteiger charge is 2.28. The van der Waals surface area contributed by atoms with Gasteiger partial charge < -0.3 is 10.2 Å². The van der Waals surface area contributed by atoms with Crippen LogP contribution in [0.4, 0.5) is 0 Å². The van der Waals surface area contributed by atoms with E-state index in [1.807, 2.05) is 56.3 Å². The third kappa shape index (κ3) is 7.25. The van der Waals surface area contributed by atoms with E-state index in [4.69, 9.17) is 23.2 Å². The maximum Gasteiger partial charge on any atom is 0.242 e. The first-order valence-electron chi connectivity index (χ1n) is 9.59. The highest BCUT2D eigenvalue weighted by Crippen LogP contribution is 2.21. The molecule has 4 nitrogen and oxygen atoms in total. The first-order valence-corrected chi connectivity index (χ1v) is 11.5. The molecule has 0 aliphatic rings. The number of halogens is 2. The molecule has 7 heteroatoms. The Morgan fingerprint density at radius 1 is 1.07 bits per heavy atom. The second-order valence-corrected chi connectivity index (χ2v) is 8.38. The van der Waals surface area contributed by atoms with Crippen LogP contribution in [0.15, 0.2) is 48.5 Å². The molecule has 0 fully saturated rings. The van der Waals surface area contributed by atoms with Crippen LogP contribution in [0.25, 0.3) is 0 Å². The summed E-state index contributed by atoms with van der Waals surface area (Å²) >= 11 is 13.7. The van der Waals surface area contributed by atoms with E-state index in [2.05, 4.69) is 5.32 Å². The molecular formula is C22H26Cl2N2O2S. The van der Waals surface area contributed by atoms with Gasteiger partial charge in [0, 0.05) is 28.9 Å². The number of hydrogen-bond donors (Lipinski definition) is 1. The van der Waals surface area contributed by atoms with Gasteiger partial charge in [0.25, 0.3) is 0 Å². The molecule has 1 atom stereocenters. The van der Waals surface area contributed by atoms with Crippen LogP contribution in [-0.4, -0.2) is 35.1 Å². The highest BCUT2D eigenvalue weighted by molar-refractivity contribution is 7.99. The lowest BCUT2D eigenvalue weighted by Gasteiger charge is -2.30. The number of thioether (sulfide) groups is 1. The number of benzene rings is 2. The monoisotopic (exact) mass is 452 g/mol. The summed E-state index contributed by atoms with van der Waals surface area (Å²) in [6, 6.07) is 14.4. The van der Waals surface area contributed by atoms with Crippen LogP contribution in [0.3, 0.4) is 0 Å². The van der Waals surface area contributed by atoms with Crippen molar-refractivity contribution in [3.8, 4) is 0 Å². The first-order chi connectivity index (χ1) is 14.0. The van der Waals surface area contributed by atoms with Crippen molar-refractivity contribution in [2.24, 2.45) is 0 Å². The van der Waals surface area contributed by atoms with Crippen molar-refractivity contribution >= 4 is 46.8 Å². The van der Waals surface area contributed by atoms with Gasteiger partial charge in [-0.3, -0.25) is 9.59 Å². The third-order valence-electron chi connectivity index (χ3n) is 4.44. The van der Waals surface area contributed by atoms with E-state index < -0.39 is 6.04 Å². The van der Waals surface area contributed by atoms with E-state index in [9.17, 15) is 9.59 Å². The number of likely N-dealkylation sites (N-methyl/N-ethyl adjacent to an activating group) is 1. The lowest BCUT2D eigenvalue weighted by molar-refractivity contribution is -0.139. The molecule has 0 aromatic heterocycles. The second-order valence-electron chi connectivity index (χ2n) is 6.55. The second kappa shape index (κ2) is 12.1. The van der Waals surface area contributed by atoms with Crippen LogP contribution in [0.5, 0.6) is 0 Å². The zero-order valence-corrected chi connectivity index (χ0v) is 19.0. The SMILES string of the molecule is CCNC(=O)C(CC)N(Cc1ccccc1Cl)C(=O)CSCc1ccc(Cl)cc1. The summed E-state index contributed by atoms with van der Waals surface area (Å²) < 4.78 is 0. The molecule has 156 valence electrons. The zero-order chi connectivity index (χ0) is 21.2. The smallest absolute Gasteiger partial charge is 0.242 e. The molecule has 2 aromatic rings. The summed E-state index contributed by atoms with van der Waals surface area (Å²) in [7, 11) is 0. The fourth-order valence-corrected chi connectivity index (χ4v) is 4.13. The molecule has 2 amide bonds. The van der Waals surface area contributed by atoms with E-state index in [0.717, 1.165) is 11.1 Å². The molecule has 2 aromatic carbocycles. The fraction of sp³-hybridized carbons (Fsp3) is 0.364. The number of rotatable bonds is 10. The highest BCUT2D eigenvalue weighted by atomic mass is 35.5. The predicted octanol–water partition coefficient (Wildman–Crippen LogP) is 5.17. The van der Waals surface area contributed by atoms with Crippen molar-refractivity contribution in [1.29, 1.82) is 0 Å². The predicted molar refractivity (Wildman–Crippen MR) is 122 cm³/mol. The van der Waals surface area contributed by atoms with Gasteiger partial charge in [-0.05, 0) is 42.7 Å². The van der Waals surface area contributed by atoms with E-state index in [1.165, 1.54) is 11.8 Å². The molecule has 0 saturated heterocycles. The Kier molecular flexibility index (Phi) is 9.85. The molecule has 1 N–H and O–H groups in total. The summed E-state index contributed by atoms with van der Waals surface area (Å²) in [4.78, 5) is 27.3. The number of carbonyl (C=O) groups excluding carboxylic acids is 2. The summed E-state index contributed by atoms with van der Waals surface area (Å²) in [5, 5.41) is 4.11.